The van der Waals surface area contributed by atoms with Crippen LogP contribution in [0.15, 0.2) is 24.0 Å². The van der Waals surface area contributed by atoms with Gasteiger partial charge in [0.05, 0.1) is 5.76 Å². The van der Waals surface area contributed by atoms with Crippen LogP contribution in [0.2, 0.25) is 19.6 Å². The van der Waals surface area contributed by atoms with Crippen LogP contribution in [0.1, 0.15) is 26.2 Å². The summed E-state index contributed by atoms with van der Waals surface area (Å²) in [5, 5.41) is 0. The molecule has 0 N–H and O–H groups in total. The molecule has 0 aromatic heterocycles. The van der Waals surface area contributed by atoms with E-state index in [4.69, 9.17) is 4.43 Å². The Labute approximate surface area is 89.0 Å². The van der Waals surface area contributed by atoms with Crippen molar-refractivity contribution < 1.29 is 4.43 Å². The number of allylic oxidation sites excluding steroid dienone is 3. The Morgan fingerprint density at radius 2 is 2.14 bits per heavy atom. The van der Waals surface area contributed by atoms with E-state index >= 15 is 0 Å². The van der Waals surface area contributed by atoms with Crippen LogP contribution in [-0.4, -0.2) is 8.32 Å². The molecule has 0 aromatic carbocycles. The van der Waals surface area contributed by atoms with E-state index in [1.165, 1.54) is 17.8 Å². The lowest BCUT2D eigenvalue weighted by atomic mass is 9.88. The van der Waals surface area contributed by atoms with Gasteiger partial charge in [0.25, 0.3) is 0 Å². The van der Waals surface area contributed by atoms with Crippen molar-refractivity contribution in [2.45, 2.75) is 45.8 Å². The number of hydrogen-bond donors (Lipinski definition) is 0. The van der Waals surface area contributed by atoms with Crippen molar-refractivity contribution in [3.05, 3.63) is 24.0 Å². The highest BCUT2D eigenvalue weighted by molar-refractivity contribution is 6.70. The molecule has 1 rings (SSSR count). The van der Waals surface area contributed by atoms with Gasteiger partial charge in [0.1, 0.15) is 0 Å². The normalized spacial score (nSPS) is 22.9. The van der Waals surface area contributed by atoms with Crippen LogP contribution in [0, 0.1) is 5.92 Å². The van der Waals surface area contributed by atoms with Crippen LogP contribution in [0.4, 0.5) is 0 Å². The number of rotatable bonds is 3. The van der Waals surface area contributed by atoms with Crippen molar-refractivity contribution in [1.29, 1.82) is 0 Å². The summed E-state index contributed by atoms with van der Waals surface area (Å²) in [4.78, 5) is 0. The molecule has 0 unspecified atom stereocenters. The van der Waals surface area contributed by atoms with Crippen LogP contribution >= 0.6 is 0 Å². The molecule has 1 aliphatic rings. The van der Waals surface area contributed by atoms with Gasteiger partial charge in [-0.25, -0.2) is 0 Å². The molecule has 2 heteroatoms. The zero-order chi connectivity index (χ0) is 10.8. The third-order valence-corrected chi connectivity index (χ3v) is 3.34. The molecule has 0 bridgehead atoms. The van der Waals surface area contributed by atoms with Gasteiger partial charge in [-0.1, -0.05) is 12.2 Å². The molecule has 1 nitrogen and oxygen atoms in total. The Balaban J connectivity index is 2.56. The van der Waals surface area contributed by atoms with Gasteiger partial charge in [-0.15, -0.1) is 0 Å². The molecule has 0 saturated heterocycles. The fourth-order valence-corrected chi connectivity index (χ4v) is 2.72. The standard InChI is InChI=1S/C12H22OSi/c1-10(2)11-7-6-8-12(9-11)13-14(3,4)5/h8,11H,1,6-7,9H2,2-5H3/t11-/m1/s1. The summed E-state index contributed by atoms with van der Waals surface area (Å²) < 4.78 is 6.02. The van der Waals surface area contributed by atoms with Gasteiger partial charge >= 0.3 is 0 Å². The second-order valence-electron chi connectivity index (χ2n) is 5.21. The lowest BCUT2D eigenvalue weighted by Crippen LogP contribution is -2.26. The summed E-state index contributed by atoms with van der Waals surface area (Å²) in [6.07, 6.45) is 5.72. The van der Waals surface area contributed by atoms with Crippen LogP contribution in [0.3, 0.4) is 0 Å². The average Bonchev–Trinajstić information content (AvgIpc) is 2.01. The first-order chi connectivity index (χ1) is 6.38. The fraction of sp³-hybridized carbons (Fsp3) is 0.667. The van der Waals surface area contributed by atoms with E-state index in [0.29, 0.717) is 5.92 Å². The molecule has 0 aromatic rings. The van der Waals surface area contributed by atoms with Crippen LogP contribution in [0.5, 0.6) is 0 Å². The van der Waals surface area contributed by atoms with Crippen molar-refractivity contribution in [3.63, 3.8) is 0 Å². The van der Waals surface area contributed by atoms with Gasteiger partial charge in [0.2, 0.25) is 8.32 Å². The highest BCUT2D eigenvalue weighted by Gasteiger charge is 2.22. The molecule has 0 saturated carbocycles. The summed E-state index contributed by atoms with van der Waals surface area (Å²) in [5.74, 6) is 1.86. The smallest absolute Gasteiger partial charge is 0.241 e. The molecule has 0 amide bonds. The van der Waals surface area contributed by atoms with E-state index in [-0.39, 0.29) is 0 Å². The van der Waals surface area contributed by atoms with Crippen LogP contribution in [-0.2, 0) is 4.43 Å². The monoisotopic (exact) mass is 210 g/mol. The SMILES string of the molecule is C=C(C)[C@@H]1CCC=C(O[Si](C)(C)C)C1. The van der Waals surface area contributed by atoms with E-state index < -0.39 is 8.32 Å². The fourth-order valence-electron chi connectivity index (χ4n) is 1.77. The summed E-state index contributed by atoms with van der Waals surface area (Å²) in [6.45, 7) is 12.9. The Morgan fingerprint density at radius 3 is 2.64 bits per heavy atom. The van der Waals surface area contributed by atoms with Crippen molar-refractivity contribution in [1.82, 2.24) is 0 Å². The Kier molecular flexibility index (Phi) is 3.59. The molecule has 0 heterocycles. The molecule has 0 spiro atoms. The zero-order valence-corrected chi connectivity index (χ0v) is 10.9. The minimum absolute atomic E-state index is 0.645. The van der Waals surface area contributed by atoms with Crippen molar-refractivity contribution in [2.24, 2.45) is 5.92 Å². The molecular formula is C12H22OSi. The molecule has 14 heavy (non-hydrogen) atoms. The molecule has 0 aliphatic heterocycles. The van der Waals surface area contributed by atoms with E-state index in [1.54, 1.807) is 0 Å². The van der Waals surface area contributed by atoms with Crippen molar-refractivity contribution in [2.75, 3.05) is 0 Å². The van der Waals surface area contributed by atoms with Crippen molar-refractivity contribution in [3.8, 4) is 0 Å². The van der Waals surface area contributed by atoms with E-state index in [2.05, 4.69) is 39.2 Å². The Hall–Kier alpha value is -0.503. The summed E-state index contributed by atoms with van der Waals surface area (Å²) in [6, 6.07) is 0. The molecule has 1 atom stereocenters. The maximum Gasteiger partial charge on any atom is 0.241 e. The molecule has 0 fully saturated rings. The average molecular weight is 210 g/mol. The van der Waals surface area contributed by atoms with E-state index in [0.717, 1.165) is 12.8 Å². The predicted octanol–water partition coefficient (Wildman–Crippen LogP) is 4.10. The summed E-state index contributed by atoms with van der Waals surface area (Å²) >= 11 is 0. The Bertz CT molecular complexity index is 248. The third kappa shape index (κ3) is 3.70. The molecular weight excluding hydrogens is 188 g/mol. The highest BCUT2D eigenvalue weighted by Crippen LogP contribution is 2.30. The first kappa shape index (κ1) is 11.6. The van der Waals surface area contributed by atoms with Gasteiger partial charge < -0.3 is 4.43 Å². The lowest BCUT2D eigenvalue weighted by Gasteiger charge is -2.28. The van der Waals surface area contributed by atoms with Gasteiger partial charge in [-0.05, 0) is 51.4 Å². The minimum atomic E-state index is -1.41. The van der Waals surface area contributed by atoms with Crippen LogP contribution < -0.4 is 0 Å². The predicted molar refractivity (Wildman–Crippen MR) is 64.7 cm³/mol. The van der Waals surface area contributed by atoms with Crippen molar-refractivity contribution >= 4 is 8.32 Å². The highest BCUT2D eigenvalue weighted by atomic mass is 28.4. The minimum Gasteiger partial charge on any atom is -0.548 e. The first-order valence-corrected chi connectivity index (χ1v) is 8.83. The number of hydrogen-bond acceptors (Lipinski definition) is 1. The first-order valence-electron chi connectivity index (χ1n) is 5.42. The Morgan fingerprint density at radius 1 is 1.50 bits per heavy atom. The quantitative estimate of drug-likeness (QED) is 0.503. The van der Waals surface area contributed by atoms with Gasteiger partial charge in [-0.2, -0.15) is 0 Å². The molecule has 1 aliphatic carbocycles. The van der Waals surface area contributed by atoms with E-state index in [9.17, 15) is 0 Å². The summed E-state index contributed by atoms with van der Waals surface area (Å²) in [7, 11) is -1.41. The van der Waals surface area contributed by atoms with Gasteiger partial charge in [0.15, 0.2) is 0 Å². The van der Waals surface area contributed by atoms with Gasteiger partial charge in [0, 0.05) is 6.42 Å². The second kappa shape index (κ2) is 4.35. The van der Waals surface area contributed by atoms with Gasteiger partial charge in [-0.3, -0.25) is 0 Å². The maximum absolute atomic E-state index is 6.02. The summed E-state index contributed by atoms with van der Waals surface area (Å²) in [5.41, 5.74) is 1.30. The largest absolute Gasteiger partial charge is 0.548 e. The third-order valence-electron chi connectivity index (χ3n) is 2.47. The lowest BCUT2D eigenvalue weighted by molar-refractivity contribution is 0.350. The molecule has 80 valence electrons. The maximum atomic E-state index is 6.02. The second-order valence-corrected chi connectivity index (χ2v) is 9.64. The molecule has 0 radical (unpaired) electrons. The topological polar surface area (TPSA) is 9.23 Å². The van der Waals surface area contributed by atoms with Crippen LogP contribution in [0.25, 0.3) is 0 Å². The zero-order valence-electron chi connectivity index (χ0n) is 9.89. The van der Waals surface area contributed by atoms with E-state index in [1.807, 2.05) is 0 Å².